The zero-order chi connectivity index (χ0) is 21.1. The van der Waals surface area contributed by atoms with Gasteiger partial charge in [0.2, 0.25) is 0 Å². The van der Waals surface area contributed by atoms with Crippen LogP contribution in [0.5, 0.6) is 5.75 Å². The lowest BCUT2D eigenvalue weighted by Crippen LogP contribution is -2.19. The van der Waals surface area contributed by atoms with Gasteiger partial charge in [0.05, 0.1) is 28.2 Å². The van der Waals surface area contributed by atoms with E-state index in [1.54, 1.807) is 67.8 Å². The first-order chi connectivity index (χ1) is 14.5. The fourth-order valence-corrected chi connectivity index (χ4v) is 3.62. The molecule has 0 spiro atoms. The number of nitrogens with one attached hydrogen (secondary N) is 1. The second-order valence-electron chi connectivity index (χ2n) is 6.16. The Hall–Kier alpha value is -3.85. The van der Waals surface area contributed by atoms with Crippen molar-refractivity contribution in [3.05, 3.63) is 81.4 Å². The minimum atomic E-state index is -0.460. The topological polar surface area (TPSA) is 107 Å². The normalized spacial score (nSPS) is 16.1. The molecule has 3 aromatic rings. The summed E-state index contributed by atoms with van der Waals surface area (Å²) >= 11 is 1.18. The van der Waals surface area contributed by atoms with Crippen molar-refractivity contribution in [3.8, 4) is 17.1 Å². The molecule has 0 radical (unpaired) electrons. The highest BCUT2D eigenvalue weighted by molar-refractivity contribution is 8.18. The van der Waals surface area contributed by atoms with Crippen LogP contribution in [0.1, 0.15) is 5.76 Å². The van der Waals surface area contributed by atoms with Gasteiger partial charge in [0.25, 0.3) is 11.6 Å². The van der Waals surface area contributed by atoms with E-state index in [4.69, 9.17) is 9.15 Å². The number of carbonyl (C=O) groups excluding carboxylic acids is 1. The van der Waals surface area contributed by atoms with Crippen LogP contribution >= 0.6 is 11.8 Å². The molecule has 0 saturated carbocycles. The van der Waals surface area contributed by atoms with Crippen LogP contribution in [-0.4, -0.2) is 23.1 Å². The highest BCUT2D eigenvalue weighted by Crippen LogP contribution is 2.33. The van der Waals surface area contributed by atoms with Crippen LogP contribution in [-0.2, 0) is 4.79 Å². The molecule has 30 heavy (non-hydrogen) atoms. The lowest BCUT2D eigenvalue weighted by Gasteiger charge is -1.99. The largest absolute Gasteiger partial charge is 0.497 e. The van der Waals surface area contributed by atoms with Crippen LogP contribution < -0.4 is 10.1 Å². The Kier molecular flexibility index (Phi) is 5.36. The van der Waals surface area contributed by atoms with Crippen molar-refractivity contribution in [3.63, 3.8) is 0 Å². The number of amides is 1. The number of carbonyl (C=O) groups is 1. The summed E-state index contributed by atoms with van der Waals surface area (Å²) in [6.45, 7) is 0. The maximum Gasteiger partial charge on any atom is 0.280 e. The van der Waals surface area contributed by atoms with Crippen LogP contribution in [0.25, 0.3) is 17.4 Å². The van der Waals surface area contributed by atoms with Gasteiger partial charge in [0.1, 0.15) is 17.3 Å². The average Bonchev–Trinajstić information content (AvgIpc) is 3.35. The molecule has 0 unspecified atom stereocenters. The molecule has 8 nitrogen and oxygen atoms in total. The quantitative estimate of drug-likeness (QED) is 0.362. The molecule has 0 bridgehead atoms. The first kappa shape index (κ1) is 19.5. The summed E-state index contributed by atoms with van der Waals surface area (Å²) in [6.07, 6.45) is 1.58. The monoisotopic (exact) mass is 421 g/mol. The number of aliphatic imine (C=N–C) groups is 1. The van der Waals surface area contributed by atoms with E-state index in [2.05, 4.69) is 10.3 Å². The Balaban J connectivity index is 1.55. The van der Waals surface area contributed by atoms with Gasteiger partial charge in [0.15, 0.2) is 5.17 Å². The van der Waals surface area contributed by atoms with Gasteiger partial charge in [-0.25, -0.2) is 4.99 Å². The third-order valence-corrected chi connectivity index (χ3v) is 5.13. The van der Waals surface area contributed by atoms with Crippen molar-refractivity contribution < 1.29 is 18.9 Å². The fourth-order valence-electron chi connectivity index (χ4n) is 2.80. The highest BCUT2D eigenvalue weighted by atomic mass is 32.2. The van der Waals surface area contributed by atoms with E-state index < -0.39 is 4.92 Å². The molecular formula is C21H15N3O5S. The Labute approximate surface area is 175 Å². The van der Waals surface area contributed by atoms with E-state index in [1.807, 2.05) is 0 Å². The lowest BCUT2D eigenvalue weighted by molar-refractivity contribution is -0.384. The third kappa shape index (κ3) is 4.11. The Morgan fingerprint density at radius 2 is 1.90 bits per heavy atom. The van der Waals surface area contributed by atoms with Gasteiger partial charge in [-0.05, 0) is 54.2 Å². The third-order valence-electron chi connectivity index (χ3n) is 4.22. The van der Waals surface area contributed by atoms with Crippen molar-refractivity contribution in [2.24, 2.45) is 4.99 Å². The van der Waals surface area contributed by atoms with E-state index in [1.165, 1.54) is 17.8 Å². The van der Waals surface area contributed by atoms with E-state index >= 15 is 0 Å². The summed E-state index contributed by atoms with van der Waals surface area (Å²) in [5.41, 5.74) is 1.00. The number of benzene rings is 2. The number of ether oxygens (including phenoxy) is 1. The number of methoxy groups -OCH3 is 1. The number of amidine groups is 1. The summed E-state index contributed by atoms with van der Waals surface area (Å²) in [5.74, 6) is 1.18. The number of nitro benzene ring substituents is 1. The molecule has 2 aromatic carbocycles. The van der Waals surface area contributed by atoms with Gasteiger partial charge >= 0.3 is 0 Å². The Morgan fingerprint density at radius 3 is 2.63 bits per heavy atom. The molecule has 2 heterocycles. The summed E-state index contributed by atoms with van der Waals surface area (Å²) < 4.78 is 10.8. The molecule has 1 aromatic heterocycles. The van der Waals surface area contributed by atoms with Crippen LogP contribution in [0.15, 0.2) is 75.0 Å². The van der Waals surface area contributed by atoms with Gasteiger partial charge in [-0.1, -0.05) is 12.1 Å². The van der Waals surface area contributed by atoms with Gasteiger partial charge < -0.3 is 14.5 Å². The average molecular weight is 421 g/mol. The van der Waals surface area contributed by atoms with E-state index in [0.717, 1.165) is 5.75 Å². The number of para-hydroxylation sites is 1. The molecule has 1 amide bonds. The molecule has 1 aliphatic rings. The number of furan rings is 1. The molecular weight excluding hydrogens is 406 g/mol. The molecule has 4 rings (SSSR count). The van der Waals surface area contributed by atoms with Crippen LogP contribution in [0.3, 0.4) is 0 Å². The number of rotatable bonds is 5. The first-order valence-corrected chi connectivity index (χ1v) is 9.62. The van der Waals surface area contributed by atoms with Crippen molar-refractivity contribution in [2.45, 2.75) is 0 Å². The number of hydrogen-bond donors (Lipinski definition) is 1. The lowest BCUT2D eigenvalue weighted by atomic mass is 10.1. The van der Waals surface area contributed by atoms with Crippen molar-refractivity contribution in [1.82, 2.24) is 5.32 Å². The van der Waals surface area contributed by atoms with Crippen molar-refractivity contribution >= 4 is 40.3 Å². The maximum atomic E-state index is 12.3. The summed E-state index contributed by atoms with van der Waals surface area (Å²) in [4.78, 5) is 27.8. The minimum absolute atomic E-state index is 0.0482. The molecule has 0 atom stereocenters. The zero-order valence-electron chi connectivity index (χ0n) is 15.7. The molecule has 150 valence electrons. The van der Waals surface area contributed by atoms with Crippen LogP contribution in [0, 0.1) is 10.1 Å². The summed E-state index contributed by atoms with van der Waals surface area (Å²) in [7, 11) is 1.58. The Bertz CT molecular complexity index is 1180. The smallest absolute Gasteiger partial charge is 0.280 e. The predicted octanol–water partition coefficient (Wildman–Crippen LogP) is 4.76. The fraction of sp³-hybridized carbons (Fsp3) is 0.0476. The number of thioether (sulfide) groups is 1. The van der Waals surface area contributed by atoms with Crippen molar-refractivity contribution in [2.75, 3.05) is 7.11 Å². The van der Waals surface area contributed by atoms with Crippen LogP contribution in [0.4, 0.5) is 11.4 Å². The van der Waals surface area contributed by atoms with E-state index in [9.17, 15) is 14.9 Å². The zero-order valence-corrected chi connectivity index (χ0v) is 16.5. The Morgan fingerprint density at radius 1 is 1.13 bits per heavy atom. The number of nitrogens with zero attached hydrogens (tertiary/aromatic N) is 2. The molecule has 9 heteroatoms. The molecule has 1 N–H and O–H groups in total. The van der Waals surface area contributed by atoms with Crippen molar-refractivity contribution in [1.29, 1.82) is 0 Å². The van der Waals surface area contributed by atoms with Gasteiger partial charge in [-0.2, -0.15) is 0 Å². The second-order valence-corrected chi connectivity index (χ2v) is 7.19. The van der Waals surface area contributed by atoms with Crippen LogP contribution in [0.2, 0.25) is 0 Å². The number of nitro groups is 1. The highest BCUT2D eigenvalue weighted by Gasteiger charge is 2.25. The number of hydrogen-bond acceptors (Lipinski definition) is 7. The standard InChI is InChI=1S/C21H15N3O5S/c1-28-14-8-6-13(7-9-14)22-21-23-20(25)19(30-21)12-15-10-11-18(29-15)16-4-2-3-5-17(16)24(26)27/h2-12H,1H3,(H,22,23,25)/b19-12+. The summed E-state index contributed by atoms with van der Waals surface area (Å²) in [6, 6.07) is 16.8. The molecule has 0 aliphatic carbocycles. The first-order valence-electron chi connectivity index (χ1n) is 8.81. The van der Waals surface area contributed by atoms with Gasteiger partial charge in [-0.15, -0.1) is 0 Å². The van der Waals surface area contributed by atoms with Gasteiger partial charge in [-0.3, -0.25) is 14.9 Å². The predicted molar refractivity (Wildman–Crippen MR) is 115 cm³/mol. The summed E-state index contributed by atoms with van der Waals surface area (Å²) in [5, 5.41) is 14.4. The minimum Gasteiger partial charge on any atom is -0.497 e. The molecule has 1 aliphatic heterocycles. The second kappa shape index (κ2) is 8.26. The SMILES string of the molecule is COc1ccc(N=C2NC(=O)/C(=C\c3ccc(-c4ccccc4[N+](=O)[O-])o3)S2)cc1. The van der Waals surface area contributed by atoms with Gasteiger partial charge in [0, 0.05) is 12.1 Å². The molecule has 1 fully saturated rings. The van der Waals surface area contributed by atoms with E-state index in [0.29, 0.717) is 32.8 Å². The maximum absolute atomic E-state index is 12.3. The molecule has 1 saturated heterocycles. The van der Waals surface area contributed by atoms with E-state index in [-0.39, 0.29) is 11.6 Å².